The molecule has 0 unspecified atom stereocenters. The van der Waals surface area contributed by atoms with E-state index in [1.807, 2.05) is 29.6 Å². The lowest BCUT2D eigenvalue weighted by Gasteiger charge is -1.98. The second-order valence-corrected chi connectivity index (χ2v) is 6.45. The number of hydrogen-bond donors (Lipinski definition) is 1. The van der Waals surface area contributed by atoms with E-state index in [1.165, 1.54) is 23.5 Å². The highest BCUT2D eigenvalue weighted by atomic mass is 79.9. The fourth-order valence-electron chi connectivity index (χ4n) is 1.97. The minimum Gasteiger partial charge on any atom is -0.258 e. The number of hydrazone groups is 1. The van der Waals surface area contributed by atoms with E-state index in [-0.39, 0.29) is 5.69 Å². The van der Waals surface area contributed by atoms with Gasteiger partial charge in [0, 0.05) is 33.1 Å². The summed E-state index contributed by atoms with van der Waals surface area (Å²) in [4.78, 5) is 14.8. The number of nitrogens with zero attached hydrogens (tertiary/aromatic N) is 3. The quantitative estimate of drug-likeness (QED) is 0.372. The highest BCUT2D eigenvalue weighted by Crippen LogP contribution is 2.27. The van der Waals surface area contributed by atoms with E-state index < -0.39 is 4.92 Å². The number of nitro benzene ring substituents is 1. The van der Waals surface area contributed by atoms with Crippen LogP contribution in [0.3, 0.4) is 0 Å². The largest absolute Gasteiger partial charge is 0.270 e. The molecule has 0 fully saturated rings. The monoisotopic (exact) mass is 402 g/mol. The molecule has 24 heavy (non-hydrogen) atoms. The van der Waals surface area contributed by atoms with Gasteiger partial charge in [0.1, 0.15) is 0 Å². The zero-order chi connectivity index (χ0) is 16.9. The number of benzene rings is 2. The van der Waals surface area contributed by atoms with Crippen LogP contribution in [-0.2, 0) is 0 Å². The number of hydrogen-bond acceptors (Lipinski definition) is 6. The Labute approximate surface area is 150 Å². The fourth-order valence-corrected chi connectivity index (χ4v) is 3.03. The molecule has 6 nitrogen and oxygen atoms in total. The maximum Gasteiger partial charge on any atom is 0.270 e. The van der Waals surface area contributed by atoms with Gasteiger partial charge >= 0.3 is 0 Å². The Hall–Kier alpha value is -2.58. The molecule has 0 amide bonds. The molecule has 0 spiro atoms. The highest BCUT2D eigenvalue weighted by Gasteiger charge is 2.09. The van der Waals surface area contributed by atoms with Crippen molar-refractivity contribution in [1.82, 2.24) is 4.98 Å². The normalized spacial score (nSPS) is 10.9. The molecule has 1 N–H and O–H groups in total. The van der Waals surface area contributed by atoms with Gasteiger partial charge in [0.2, 0.25) is 5.13 Å². The van der Waals surface area contributed by atoms with Crippen molar-refractivity contribution in [3.63, 3.8) is 0 Å². The van der Waals surface area contributed by atoms with Gasteiger partial charge in [-0.05, 0) is 6.07 Å². The third-order valence-corrected chi connectivity index (χ3v) is 4.60. The molecule has 120 valence electrons. The Bertz CT molecular complexity index is 910. The maximum absolute atomic E-state index is 10.8. The molecule has 0 saturated heterocycles. The van der Waals surface area contributed by atoms with Gasteiger partial charge in [-0.25, -0.2) is 4.98 Å². The molecule has 0 aliphatic carbocycles. The number of thiazole rings is 1. The number of rotatable bonds is 5. The Morgan fingerprint density at radius 1 is 1.25 bits per heavy atom. The summed E-state index contributed by atoms with van der Waals surface area (Å²) in [6.45, 7) is 0. The average Bonchev–Trinajstić information content (AvgIpc) is 3.06. The Kier molecular flexibility index (Phi) is 4.97. The smallest absolute Gasteiger partial charge is 0.258 e. The van der Waals surface area contributed by atoms with Crippen molar-refractivity contribution in [2.45, 2.75) is 0 Å². The summed E-state index contributed by atoms with van der Waals surface area (Å²) < 4.78 is 0.951. The molecule has 0 aliphatic rings. The van der Waals surface area contributed by atoms with Crippen molar-refractivity contribution < 1.29 is 4.92 Å². The van der Waals surface area contributed by atoms with E-state index in [1.54, 1.807) is 18.3 Å². The summed E-state index contributed by atoms with van der Waals surface area (Å²) >= 11 is 4.83. The SMILES string of the molecule is O=[N+]([O-])c1cccc(-c2csc(N/N=C\c3ccccc3Br)n2)c1. The van der Waals surface area contributed by atoms with Gasteiger partial charge in [-0.15, -0.1) is 11.3 Å². The molecule has 0 radical (unpaired) electrons. The number of nitrogens with one attached hydrogen (secondary N) is 1. The molecular weight excluding hydrogens is 392 g/mol. The topological polar surface area (TPSA) is 80.4 Å². The highest BCUT2D eigenvalue weighted by molar-refractivity contribution is 9.10. The van der Waals surface area contributed by atoms with Gasteiger partial charge in [-0.2, -0.15) is 5.10 Å². The first-order valence-electron chi connectivity index (χ1n) is 6.87. The number of anilines is 1. The van der Waals surface area contributed by atoms with Crippen LogP contribution in [0.5, 0.6) is 0 Å². The number of non-ortho nitro benzene ring substituents is 1. The van der Waals surface area contributed by atoms with Gasteiger partial charge in [0.25, 0.3) is 5.69 Å². The molecular formula is C16H11BrN4O2S. The third kappa shape index (κ3) is 3.84. The summed E-state index contributed by atoms with van der Waals surface area (Å²) in [5.41, 5.74) is 5.22. The van der Waals surface area contributed by atoms with E-state index in [2.05, 4.69) is 31.4 Å². The van der Waals surface area contributed by atoms with Crippen LogP contribution in [-0.4, -0.2) is 16.1 Å². The standard InChI is InChI=1S/C16H11BrN4O2S/c17-14-7-2-1-4-12(14)9-18-20-16-19-15(10-24-16)11-5-3-6-13(8-11)21(22)23/h1-10H,(H,19,20)/b18-9-. The summed E-state index contributed by atoms with van der Waals surface area (Å²) in [7, 11) is 0. The fraction of sp³-hybridized carbons (Fsp3) is 0. The summed E-state index contributed by atoms with van der Waals surface area (Å²) in [6.07, 6.45) is 1.69. The molecule has 1 heterocycles. The Morgan fingerprint density at radius 3 is 2.88 bits per heavy atom. The van der Waals surface area contributed by atoms with Crippen LogP contribution in [0.2, 0.25) is 0 Å². The lowest BCUT2D eigenvalue weighted by molar-refractivity contribution is -0.384. The minimum absolute atomic E-state index is 0.0435. The first kappa shape index (κ1) is 16.3. The first-order chi connectivity index (χ1) is 11.6. The van der Waals surface area contributed by atoms with Crippen LogP contribution >= 0.6 is 27.3 Å². The number of nitro groups is 1. The predicted octanol–water partition coefficient (Wildman–Crippen LogP) is 4.93. The van der Waals surface area contributed by atoms with Crippen LogP contribution in [0.25, 0.3) is 11.3 Å². The molecule has 3 rings (SSSR count). The van der Waals surface area contributed by atoms with Gasteiger partial charge in [-0.3, -0.25) is 15.5 Å². The van der Waals surface area contributed by atoms with Gasteiger partial charge in [-0.1, -0.05) is 46.3 Å². The summed E-state index contributed by atoms with van der Waals surface area (Å²) in [6, 6.07) is 14.1. The number of halogens is 1. The van der Waals surface area contributed by atoms with Gasteiger partial charge in [0.05, 0.1) is 16.8 Å². The minimum atomic E-state index is -0.420. The van der Waals surface area contributed by atoms with E-state index in [9.17, 15) is 10.1 Å². The lowest BCUT2D eigenvalue weighted by Crippen LogP contribution is -1.91. The van der Waals surface area contributed by atoms with E-state index in [0.717, 1.165) is 10.0 Å². The predicted molar refractivity (Wildman–Crippen MR) is 99.6 cm³/mol. The van der Waals surface area contributed by atoms with Crippen LogP contribution in [0.15, 0.2) is 63.5 Å². The van der Waals surface area contributed by atoms with Crippen molar-refractivity contribution in [3.8, 4) is 11.3 Å². The van der Waals surface area contributed by atoms with Crippen molar-refractivity contribution in [2.75, 3.05) is 5.43 Å². The zero-order valence-electron chi connectivity index (χ0n) is 12.2. The van der Waals surface area contributed by atoms with E-state index in [0.29, 0.717) is 16.4 Å². The molecule has 0 saturated carbocycles. The van der Waals surface area contributed by atoms with Crippen molar-refractivity contribution >= 4 is 44.3 Å². The molecule has 0 atom stereocenters. The van der Waals surface area contributed by atoms with Gasteiger partial charge in [0.15, 0.2) is 0 Å². The molecule has 3 aromatic rings. The van der Waals surface area contributed by atoms with Gasteiger partial charge < -0.3 is 0 Å². The van der Waals surface area contributed by atoms with Crippen molar-refractivity contribution in [2.24, 2.45) is 5.10 Å². The maximum atomic E-state index is 10.8. The van der Waals surface area contributed by atoms with E-state index in [4.69, 9.17) is 0 Å². The zero-order valence-corrected chi connectivity index (χ0v) is 14.6. The van der Waals surface area contributed by atoms with Crippen LogP contribution < -0.4 is 5.43 Å². The van der Waals surface area contributed by atoms with Crippen molar-refractivity contribution in [1.29, 1.82) is 0 Å². The summed E-state index contributed by atoms with van der Waals surface area (Å²) in [5.74, 6) is 0. The second-order valence-electron chi connectivity index (χ2n) is 4.74. The molecule has 8 heteroatoms. The molecule has 0 bridgehead atoms. The van der Waals surface area contributed by atoms with Crippen molar-refractivity contribution in [3.05, 3.63) is 74.1 Å². The van der Waals surface area contributed by atoms with E-state index >= 15 is 0 Å². The Morgan fingerprint density at radius 2 is 2.08 bits per heavy atom. The third-order valence-electron chi connectivity index (χ3n) is 3.13. The lowest BCUT2D eigenvalue weighted by atomic mass is 10.1. The molecule has 2 aromatic carbocycles. The Balaban J connectivity index is 1.73. The molecule has 0 aliphatic heterocycles. The average molecular weight is 403 g/mol. The van der Waals surface area contributed by atoms with Crippen LogP contribution in [0, 0.1) is 10.1 Å². The second kappa shape index (κ2) is 7.33. The summed E-state index contributed by atoms with van der Waals surface area (Å²) in [5, 5.41) is 17.4. The molecule has 1 aromatic heterocycles. The van der Waals surface area contributed by atoms with Crippen LogP contribution in [0.4, 0.5) is 10.8 Å². The van der Waals surface area contributed by atoms with Crippen LogP contribution in [0.1, 0.15) is 5.56 Å². The first-order valence-corrected chi connectivity index (χ1v) is 8.55. The number of aromatic nitrogens is 1.